The van der Waals surface area contributed by atoms with E-state index >= 15 is 0 Å². The molecule has 1 aliphatic rings. The van der Waals surface area contributed by atoms with Crippen LogP contribution >= 0.6 is 0 Å². The van der Waals surface area contributed by atoms with Crippen molar-refractivity contribution >= 4 is 0 Å². The molecular weight excluding hydrogens is 152 g/mol. The zero-order chi connectivity index (χ0) is 9.14. The molecule has 0 spiro atoms. The quantitative estimate of drug-likeness (QED) is 0.621. The summed E-state index contributed by atoms with van der Waals surface area (Å²) in [5.74, 6) is 1.39. The second-order valence-electron chi connectivity index (χ2n) is 3.81. The summed E-state index contributed by atoms with van der Waals surface area (Å²) >= 11 is 0. The third-order valence-electron chi connectivity index (χ3n) is 3.20. The van der Waals surface area contributed by atoms with E-state index in [-0.39, 0.29) is 25.0 Å². The molecule has 4 unspecified atom stereocenters. The van der Waals surface area contributed by atoms with Gasteiger partial charge in [-0.2, -0.15) is 0 Å². The molecule has 1 saturated carbocycles. The van der Waals surface area contributed by atoms with Gasteiger partial charge in [0.2, 0.25) is 0 Å². The van der Waals surface area contributed by atoms with Crippen LogP contribution < -0.4 is 0 Å². The highest BCUT2D eigenvalue weighted by Gasteiger charge is 2.38. The first-order valence-electron chi connectivity index (χ1n) is 4.58. The predicted molar refractivity (Wildman–Crippen MR) is 48.6 cm³/mol. The van der Waals surface area contributed by atoms with Gasteiger partial charge in [-0.1, -0.05) is 13.0 Å². The monoisotopic (exact) mass is 170 g/mol. The molecule has 1 aliphatic carbocycles. The van der Waals surface area contributed by atoms with Crippen molar-refractivity contribution in [2.45, 2.75) is 13.3 Å². The fourth-order valence-electron chi connectivity index (χ4n) is 2.38. The number of hydrogen-bond acceptors (Lipinski definition) is 2. The largest absolute Gasteiger partial charge is 0.396 e. The summed E-state index contributed by atoms with van der Waals surface area (Å²) in [6, 6.07) is 0. The van der Waals surface area contributed by atoms with Gasteiger partial charge < -0.3 is 10.2 Å². The lowest BCUT2D eigenvalue weighted by Crippen LogP contribution is -2.22. The van der Waals surface area contributed by atoms with Crippen LogP contribution in [0.3, 0.4) is 0 Å². The Bertz CT molecular complexity index is 156. The molecule has 2 nitrogen and oxygen atoms in total. The summed E-state index contributed by atoms with van der Waals surface area (Å²) in [7, 11) is 0. The molecule has 1 rings (SSSR count). The van der Waals surface area contributed by atoms with E-state index in [9.17, 15) is 0 Å². The van der Waals surface area contributed by atoms with Gasteiger partial charge in [-0.25, -0.2) is 0 Å². The summed E-state index contributed by atoms with van der Waals surface area (Å²) in [5, 5.41) is 18.2. The second kappa shape index (κ2) is 4.06. The molecular formula is C10H18O2. The van der Waals surface area contributed by atoms with Gasteiger partial charge in [-0.3, -0.25) is 0 Å². The second-order valence-corrected chi connectivity index (χ2v) is 3.81. The van der Waals surface area contributed by atoms with Gasteiger partial charge in [-0.15, -0.1) is 6.58 Å². The lowest BCUT2D eigenvalue weighted by molar-refractivity contribution is 0.113. The third-order valence-corrected chi connectivity index (χ3v) is 3.20. The summed E-state index contributed by atoms with van der Waals surface area (Å²) in [5.41, 5.74) is 0. The maximum atomic E-state index is 9.13. The van der Waals surface area contributed by atoms with Crippen LogP contribution in [0, 0.1) is 23.7 Å². The molecule has 12 heavy (non-hydrogen) atoms. The normalized spacial score (nSPS) is 41.6. The summed E-state index contributed by atoms with van der Waals surface area (Å²) in [6.45, 7) is 6.25. The summed E-state index contributed by atoms with van der Waals surface area (Å²) in [4.78, 5) is 0. The van der Waals surface area contributed by atoms with Crippen LogP contribution in [0.5, 0.6) is 0 Å². The lowest BCUT2D eigenvalue weighted by Gasteiger charge is -2.20. The molecule has 0 amide bonds. The van der Waals surface area contributed by atoms with Crippen molar-refractivity contribution in [3.63, 3.8) is 0 Å². The van der Waals surface area contributed by atoms with Gasteiger partial charge >= 0.3 is 0 Å². The van der Waals surface area contributed by atoms with Crippen molar-refractivity contribution in [2.24, 2.45) is 23.7 Å². The van der Waals surface area contributed by atoms with Crippen molar-refractivity contribution in [3.05, 3.63) is 12.7 Å². The minimum Gasteiger partial charge on any atom is -0.396 e. The van der Waals surface area contributed by atoms with Gasteiger partial charge in [-0.05, 0) is 30.1 Å². The van der Waals surface area contributed by atoms with E-state index in [0.29, 0.717) is 11.8 Å². The third kappa shape index (κ3) is 1.54. The maximum Gasteiger partial charge on any atom is 0.0468 e. The number of aliphatic hydroxyl groups excluding tert-OH is 2. The summed E-state index contributed by atoms with van der Waals surface area (Å²) in [6.07, 6.45) is 2.97. The molecule has 0 aromatic rings. The van der Waals surface area contributed by atoms with Crippen molar-refractivity contribution < 1.29 is 10.2 Å². The molecule has 0 aromatic heterocycles. The first kappa shape index (κ1) is 9.75. The Hall–Kier alpha value is -0.340. The number of hydrogen-bond donors (Lipinski definition) is 2. The molecule has 0 aromatic carbocycles. The molecule has 2 heteroatoms. The van der Waals surface area contributed by atoms with E-state index in [0.717, 1.165) is 6.42 Å². The first-order chi connectivity index (χ1) is 5.74. The smallest absolute Gasteiger partial charge is 0.0468 e. The van der Waals surface area contributed by atoms with Crippen LogP contribution in [0.4, 0.5) is 0 Å². The molecule has 70 valence electrons. The van der Waals surface area contributed by atoms with E-state index < -0.39 is 0 Å². The SMILES string of the molecule is C=CC1CC(C)C(CO)C1CO. The van der Waals surface area contributed by atoms with Gasteiger partial charge in [0, 0.05) is 13.2 Å². The Morgan fingerprint density at radius 2 is 1.92 bits per heavy atom. The van der Waals surface area contributed by atoms with Crippen LogP contribution in [0.1, 0.15) is 13.3 Å². The van der Waals surface area contributed by atoms with Crippen LogP contribution in [0.25, 0.3) is 0 Å². The highest BCUT2D eigenvalue weighted by atomic mass is 16.3. The Labute approximate surface area is 73.9 Å². The standard InChI is InChI=1S/C10H18O2/c1-3-8-4-7(2)9(5-11)10(8)6-12/h3,7-12H,1,4-6H2,2H3. The highest BCUT2D eigenvalue weighted by molar-refractivity contribution is 4.96. The lowest BCUT2D eigenvalue weighted by atomic mass is 9.89. The van der Waals surface area contributed by atoms with Crippen LogP contribution in [-0.2, 0) is 0 Å². The number of aliphatic hydroxyl groups is 2. The fraction of sp³-hybridized carbons (Fsp3) is 0.800. The molecule has 2 N–H and O–H groups in total. The van der Waals surface area contributed by atoms with E-state index in [2.05, 4.69) is 13.5 Å². The van der Waals surface area contributed by atoms with E-state index in [1.54, 1.807) is 0 Å². The minimum absolute atomic E-state index is 0.173. The zero-order valence-corrected chi connectivity index (χ0v) is 7.61. The maximum absolute atomic E-state index is 9.13. The van der Waals surface area contributed by atoms with Gasteiger partial charge in [0.1, 0.15) is 0 Å². The molecule has 0 saturated heterocycles. The molecule has 4 atom stereocenters. The molecule has 0 aliphatic heterocycles. The Kier molecular flexibility index (Phi) is 3.29. The number of allylic oxidation sites excluding steroid dienone is 1. The predicted octanol–water partition coefficient (Wildman–Crippen LogP) is 1.05. The molecule has 0 bridgehead atoms. The van der Waals surface area contributed by atoms with E-state index in [1.165, 1.54) is 0 Å². The average Bonchev–Trinajstić information content (AvgIpc) is 2.40. The van der Waals surface area contributed by atoms with Crippen molar-refractivity contribution in [1.29, 1.82) is 0 Å². The highest BCUT2D eigenvalue weighted by Crippen LogP contribution is 2.41. The number of rotatable bonds is 3. The van der Waals surface area contributed by atoms with Crippen LogP contribution in [-0.4, -0.2) is 23.4 Å². The van der Waals surface area contributed by atoms with Crippen LogP contribution in [0.2, 0.25) is 0 Å². The van der Waals surface area contributed by atoms with Gasteiger partial charge in [0.25, 0.3) is 0 Å². The Morgan fingerprint density at radius 1 is 1.33 bits per heavy atom. The van der Waals surface area contributed by atoms with Crippen molar-refractivity contribution in [3.8, 4) is 0 Å². The van der Waals surface area contributed by atoms with E-state index in [4.69, 9.17) is 10.2 Å². The minimum atomic E-state index is 0.173. The van der Waals surface area contributed by atoms with Gasteiger partial charge in [0.05, 0.1) is 0 Å². The molecule has 0 heterocycles. The molecule has 1 fully saturated rings. The fourth-order valence-corrected chi connectivity index (χ4v) is 2.38. The molecule has 0 radical (unpaired) electrons. The van der Waals surface area contributed by atoms with Crippen molar-refractivity contribution in [2.75, 3.05) is 13.2 Å². The Morgan fingerprint density at radius 3 is 2.33 bits per heavy atom. The van der Waals surface area contributed by atoms with E-state index in [1.807, 2.05) is 6.08 Å². The van der Waals surface area contributed by atoms with Gasteiger partial charge in [0.15, 0.2) is 0 Å². The zero-order valence-electron chi connectivity index (χ0n) is 7.61. The Balaban J connectivity index is 2.67. The van der Waals surface area contributed by atoms with Crippen LogP contribution in [0.15, 0.2) is 12.7 Å². The summed E-state index contributed by atoms with van der Waals surface area (Å²) < 4.78 is 0. The van der Waals surface area contributed by atoms with Crippen molar-refractivity contribution in [1.82, 2.24) is 0 Å². The average molecular weight is 170 g/mol. The topological polar surface area (TPSA) is 40.5 Å². The first-order valence-corrected chi connectivity index (χ1v) is 4.58.